The van der Waals surface area contributed by atoms with Crippen LogP contribution in [0.4, 0.5) is 0 Å². The normalized spacial score (nSPS) is 37.2. The van der Waals surface area contributed by atoms with Gasteiger partial charge < -0.3 is 4.90 Å². The van der Waals surface area contributed by atoms with Crippen LogP contribution in [0.1, 0.15) is 51.4 Å². The Bertz CT molecular complexity index is 256. The molecule has 3 rings (SSSR count). The molecule has 1 aliphatic heterocycles. The summed E-state index contributed by atoms with van der Waals surface area (Å²) in [5.74, 6) is 2.13. The van der Waals surface area contributed by atoms with Gasteiger partial charge >= 0.3 is 0 Å². The third kappa shape index (κ3) is 2.58. The summed E-state index contributed by atoms with van der Waals surface area (Å²) < 4.78 is 0. The quantitative estimate of drug-likeness (QED) is 0.710. The molecule has 0 aromatic heterocycles. The number of likely N-dealkylation sites (tertiary alicyclic amines) is 1. The highest BCUT2D eigenvalue weighted by molar-refractivity contribution is 9.09. The average molecular weight is 300 g/mol. The van der Waals surface area contributed by atoms with Crippen molar-refractivity contribution in [1.29, 1.82) is 0 Å². The smallest absolute Gasteiger partial charge is 0.0100 e. The topological polar surface area (TPSA) is 3.24 Å². The first kappa shape index (κ1) is 12.5. The molecule has 2 unspecified atom stereocenters. The van der Waals surface area contributed by atoms with E-state index >= 15 is 0 Å². The summed E-state index contributed by atoms with van der Waals surface area (Å²) in [7, 11) is 0. The van der Waals surface area contributed by atoms with E-state index in [1.54, 1.807) is 0 Å². The number of halogens is 1. The molecule has 1 heterocycles. The first-order valence-electron chi connectivity index (χ1n) is 7.60. The first-order chi connectivity index (χ1) is 8.31. The predicted molar refractivity (Wildman–Crippen MR) is 76.6 cm³/mol. The number of hydrogen-bond acceptors (Lipinski definition) is 1. The van der Waals surface area contributed by atoms with Crippen LogP contribution >= 0.6 is 15.9 Å². The highest BCUT2D eigenvalue weighted by Gasteiger charge is 2.39. The van der Waals surface area contributed by atoms with Crippen molar-refractivity contribution in [1.82, 2.24) is 4.90 Å². The number of piperidine rings is 1. The second kappa shape index (κ2) is 5.21. The Hall–Kier alpha value is 0.440. The van der Waals surface area contributed by atoms with Crippen molar-refractivity contribution in [3.8, 4) is 0 Å². The molecule has 0 aromatic carbocycles. The Labute approximate surface area is 114 Å². The van der Waals surface area contributed by atoms with Gasteiger partial charge in [-0.05, 0) is 49.5 Å². The Morgan fingerprint density at radius 3 is 2.41 bits per heavy atom. The summed E-state index contributed by atoms with van der Waals surface area (Å²) in [6, 6.07) is 0. The molecule has 1 nitrogen and oxygen atoms in total. The van der Waals surface area contributed by atoms with Gasteiger partial charge in [-0.2, -0.15) is 0 Å². The van der Waals surface area contributed by atoms with E-state index < -0.39 is 0 Å². The largest absolute Gasteiger partial charge is 0.302 e. The maximum atomic E-state index is 3.75. The van der Waals surface area contributed by atoms with E-state index in [0.29, 0.717) is 5.41 Å². The van der Waals surface area contributed by atoms with E-state index in [4.69, 9.17) is 0 Å². The van der Waals surface area contributed by atoms with Crippen molar-refractivity contribution < 1.29 is 0 Å². The fourth-order valence-electron chi connectivity index (χ4n) is 4.30. The molecule has 17 heavy (non-hydrogen) atoms. The van der Waals surface area contributed by atoms with Crippen molar-refractivity contribution >= 4 is 15.9 Å². The number of rotatable bonds is 3. The van der Waals surface area contributed by atoms with E-state index in [0.717, 1.165) is 11.8 Å². The SMILES string of the molecule is BrCC1(CN2CCC3CCCCC3C2)CCC1. The molecule has 2 aliphatic carbocycles. The van der Waals surface area contributed by atoms with E-state index in [-0.39, 0.29) is 0 Å². The molecule has 0 aromatic rings. The van der Waals surface area contributed by atoms with Crippen LogP contribution in [0, 0.1) is 17.3 Å². The van der Waals surface area contributed by atoms with Crippen LogP contribution in [0.5, 0.6) is 0 Å². The lowest BCUT2D eigenvalue weighted by atomic mass is 9.69. The summed E-state index contributed by atoms with van der Waals surface area (Å²) in [6.07, 6.45) is 11.9. The molecule has 3 aliphatic rings. The van der Waals surface area contributed by atoms with Crippen molar-refractivity contribution in [2.24, 2.45) is 17.3 Å². The molecular formula is C15H26BrN. The van der Waals surface area contributed by atoms with E-state index in [1.165, 1.54) is 76.3 Å². The molecule has 98 valence electrons. The van der Waals surface area contributed by atoms with E-state index in [2.05, 4.69) is 20.8 Å². The minimum atomic E-state index is 0.654. The van der Waals surface area contributed by atoms with Crippen LogP contribution in [0.3, 0.4) is 0 Å². The highest BCUT2D eigenvalue weighted by Crippen LogP contribution is 2.44. The minimum Gasteiger partial charge on any atom is -0.302 e. The summed E-state index contributed by atoms with van der Waals surface area (Å²) in [6.45, 7) is 4.18. The van der Waals surface area contributed by atoms with Gasteiger partial charge in [-0.3, -0.25) is 0 Å². The third-order valence-corrected chi connectivity index (χ3v) is 6.82. The zero-order valence-corrected chi connectivity index (χ0v) is 12.6. The molecule has 2 atom stereocenters. The Morgan fingerprint density at radius 2 is 1.76 bits per heavy atom. The van der Waals surface area contributed by atoms with Crippen molar-refractivity contribution in [2.45, 2.75) is 51.4 Å². The lowest BCUT2D eigenvalue weighted by molar-refractivity contribution is 0.0305. The maximum absolute atomic E-state index is 3.75. The Balaban J connectivity index is 1.55. The second-order valence-corrected chi connectivity index (χ2v) is 7.38. The van der Waals surface area contributed by atoms with Gasteiger partial charge in [0.15, 0.2) is 0 Å². The highest BCUT2D eigenvalue weighted by atomic mass is 79.9. The molecule has 0 amide bonds. The molecule has 1 saturated heterocycles. The monoisotopic (exact) mass is 299 g/mol. The van der Waals surface area contributed by atoms with Gasteiger partial charge in [0.1, 0.15) is 0 Å². The fraction of sp³-hybridized carbons (Fsp3) is 1.00. The van der Waals surface area contributed by atoms with Crippen LogP contribution in [-0.2, 0) is 0 Å². The lowest BCUT2D eigenvalue weighted by Crippen LogP contribution is -2.49. The lowest BCUT2D eigenvalue weighted by Gasteiger charge is -2.48. The molecular weight excluding hydrogens is 274 g/mol. The van der Waals surface area contributed by atoms with Crippen LogP contribution in [0.2, 0.25) is 0 Å². The van der Waals surface area contributed by atoms with Crippen molar-refractivity contribution in [2.75, 3.05) is 25.0 Å². The molecule has 0 spiro atoms. The molecule has 2 heteroatoms. The molecule has 2 saturated carbocycles. The number of alkyl halides is 1. The summed E-state index contributed by atoms with van der Waals surface area (Å²) in [5.41, 5.74) is 0.654. The molecule has 0 bridgehead atoms. The first-order valence-corrected chi connectivity index (χ1v) is 8.72. The standard InChI is InChI=1S/C15H26BrN/c16-11-15(7-3-8-15)12-17-9-6-13-4-1-2-5-14(13)10-17/h13-14H,1-12H2. The Kier molecular flexibility index (Phi) is 3.82. The number of hydrogen-bond donors (Lipinski definition) is 0. The summed E-state index contributed by atoms with van der Waals surface area (Å²) in [5, 5.41) is 1.23. The molecule has 3 fully saturated rings. The van der Waals surface area contributed by atoms with Crippen LogP contribution in [-0.4, -0.2) is 29.9 Å². The maximum Gasteiger partial charge on any atom is 0.0100 e. The van der Waals surface area contributed by atoms with Gasteiger partial charge in [0.05, 0.1) is 0 Å². The number of nitrogens with zero attached hydrogens (tertiary/aromatic N) is 1. The summed E-state index contributed by atoms with van der Waals surface area (Å²) in [4.78, 5) is 2.80. The fourth-order valence-corrected chi connectivity index (χ4v) is 5.04. The molecule has 0 N–H and O–H groups in total. The van der Waals surface area contributed by atoms with Crippen LogP contribution < -0.4 is 0 Å². The van der Waals surface area contributed by atoms with Crippen LogP contribution in [0.15, 0.2) is 0 Å². The van der Waals surface area contributed by atoms with Gasteiger partial charge in [-0.15, -0.1) is 0 Å². The van der Waals surface area contributed by atoms with E-state index in [1.807, 2.05) is 0 Å². The minimum absolute atomic E-state index is 0.654. The van der Waals surface area contributed by atoms with Gasteiger partial charge in [0, 0.05) is 18.4 Å². The number of fused-ring (bicyclic) bond motifs is 1. The van der Waals surface area contributed by atoms with E-state index in [9.17, 15) is 0 Å². The van der Waals surface area contributed by atoms with Crippen molar-refractivity contribution in [3.05, 3.63) is 0 Å². The third-order valence-electron chi connectivity index (χ3n) is 5.63. The second-order valence-electron chi connectivity index (χ2n) is 6.82. The van der Waals surface area contributed by atoms with Crippen molar-refractivity contribution in [3.63, 3.8) is 0 Å². The Morgan fingerprint density at radius 1 is 1.00 bits per heavy atom. The predicted octanol–water partition coefficient (Wildman–Crippen LogP) is 4.06. The average Bonchev–Trinajstić information content (AvgIpc) is 2.34. The zero-order valence-electron chi connectivity index (χ0n) is 11.0. The van der Waals surface area contributed by atoms with Gasteiger partial charge in [-0.25, -0.2) is 0 Å². The van der Waals surface area contributed by atoms with Crippen LogP contribution in [0.25, 0.3) is 0 Å². The zero-order chi connectivity index (χ0) is 11.7. The van der Waals surface area contributed by atoms with Gasteiger partial charge in [0.2, 0.25) is 0 Å². The van der Waals surface area contributed by atoms with Gasteiger partial charge in [0.25, 0.3) is 0 Å². The summed E-state index contributed by atoms with van der Waals surface area (Å²) >= 11 is 3.75. The molecule has 0 radical (unpaired) electrons. The van der Waals surface area contributed by atoms with Gasteiger partial charge in [-0.1, -0.05) is 41.6 Å².